The molecular weight excluding hydrogens is 150 g/mol. The maximum atomic E-state index is 3.84. The van der Waals surface area contributed by atoms with E-state index in [9.17, 15) is 0 Å². The lowest BCUT2D eigenvalue weighted by Gasteiger charge is -2.08. The highest BCUT2D eigenvalue weighted by molar-refractivity contribution is 5.76. The van der Waals surface area contributed by atoms with Crippen LogP contribution in [0, 0.1) is 0 Å². The Hall–Kier alpha value is -1.64. The molecule has 0 atom stereocenters. The average molecular weight is 163 g/mol. The summed E-state index contributed by atoms with van der Waals surface area (Å²) in [6.07, 6.45) is 7.89. The van der Waals surface area contributed by atoms with E-state index in [0.717, 1.165) is 0 Å². The maximum absolute atomic E-state index is 3.84. The van der Waals surface area contributed by atoms with E-state index in [0.29, 0.717) is 6.54 Å². The van der Waals surface area contributed by atoms with Crippen molar-refractivity contribution in [3.05, 3.63) is 38.2 Å². The zero-order valence-corrected chi connectivity index (χ0v) is 7.06. The Balaban J connectivity index is 4.10. The topological polar surface area (TPSA) is 28.0 Å². The lowest BCUT2D eigenvalue weighted by atomic mass is 10.6. The summed E-state index contributed by atoms with van der Waals surface area (Å²) in [7, 11) is 0. The van der Waals surface area contributed by atoms with Gasteiger partial charge in [0.1, 0.15) is 0 Å². The van der Waals surface area contributed by atoms with E-state index in [1.54, 1.807) is 23.7 Å². The van der Waals surface area contributed by atoms with Gasteiger partial charge >= 0.3 is 0 Å². The van der Waals surface area contributed by atoms with Gasteiger partial charge < -0.3 is 4.90 Å². The monoisotopic (exact) mass is 163 g/mol. The molecule has 64 valence electrons. The lowest BCUT2D eigenvalue weighted by Crippen LogP contribution is -2.19. The molecule has 0 aliphatic heterocycles. The van der Waals surface area contributed by atoms with Gasteiger partial charge in [-0.3, -0.25) is 0 Å². The molecule has 3 nitrogen and oxygen atoms in total. The number of hydrogen-bond donors (Lipinski definition) is 0. The standard InChI is InChI=1S/C9H13N3/c1-4-7-12(8-10-5-2)9-11-6-3/h4-6,8-9H,1-3,7H2. The lowest BCUT2D eigenvalue weighted by molar-refractivity contribution is 0.722. The first-order valence-electron chi connectivity index (χ1n) is 3.50. The first kappa shape index (κ1) is 10.4. The molecule has 0 bridgehead atoms. The molecule has 0 saturated carbocycles. The molecule has 0 aromatic rings. The van der Waals surface area contributed by atoms with Gasteiger partial charge in [-0.1, -0.05) is 19.2 Å². The van der Waals surface area contributed by atoms with E-state index in [1.807, 2.05) is 0 Å². The minimum atomic E-state index is 0.661. The molecule has 0 aliphatic rings. The SMILES string of the molecule is C=CCN(C=NC=C)C=NC=C. The van der Waals surface area contributed by atoms with E-state index in [4.69, 9.17) is 0 Å². The third-order valence-corrected chi connectivity index (χ3v) is 0.981. The summed E-state index contributed by atoms with van der Waals surface area (Å²) in [6, 6.07) is 0. The molecule has 0 heterocycles. The van der Waals surface area contributed by atoms with Gasteiger partial charge in [0, 0.05) is 18.9 Å². The highest BCUT2D eigenvalue weighted by Crippen LogP contribution is 1.81. The molecule has 0 unspecified atom stereocenters. The molecule has 0 amide bonds. The van der Waals surface area contributed by atoms with Crippen molar-refractivity contribution < 1.29 is 0 Å². The summed E-state index contributed by atoms with van der Waals surface area (Å²) in [5, 5.41) is 0. The van der Waals surface area contributed by atoms with Gasteiger partial charge in [-0.2, -0.15) is 0 Å². The van der Waals surface area contributed by atoms with Crippen LogP contribution in [0.15, 0.2) is 48.2 Å². The van der Waals surface area contributed by atoms with Gasteiger partial charge in [0.25, 0.3) is 0 Å². The molecule has 0 aromatic carbocycles. The van der Waals surface area contributed by atoms with Gasteiger partial charge in [0.05, 0.1) is 12.7 Å². The fourth-order valence-electron chi connectivity index (χ4n) is 0.539. The molecule has 0 N–H and O–H groups in total. The van der Waals surface area contributed by atoms with Crippen molar-refractivity contribution in [2.45, 2.75) is 0 Å². The Morgan fingerprint density at radius 2 is 1.50 bits per heavy atom. The highest BCUT2D eigenvalue weighted by atomic mass is 15.2. The van der Waals surface area contributed by atoms with Crippen molar-refractivity contribution >= 4 is 12.7 Å². The molecule has 12 heavy (non-hydrogen) atoms. The van der Waals surface area contributed by atoms with Gasteiger partial charge in [-0.05, 0) is 0 Å². The van der Waals surface area contributed by atoms with E-state index in [2.05, 4.69) is 29.7 Å². The zero-order valence-electron chi connectivity index (χ0n) is 7.06. The van der Waals surface area contributed by atoms with Crippen molar-refractivity contribution in [2.75, 3.05) is 6.54 Å². The van der Waals surface area contributed by atoms with Crippen LogP contribution in [-0.4, -0.2) is 24.1 Å². The van der Waals surface area contributed by atoms with E-state index >= 15 is 0 Å². The number of nitrogens with zero attached hydrogens (tertiary/aromatic N) is 3. The van der Waals surface area contributed by atoms with Crippen molar-refractivity contribution in [2.24, 2.45) is 9.98 Å². The smallest absolute Gasteiger partial charge is 0.0959 e. The van der Waals surface area contributed by atoms with Crippen molar-refractivity contribution in [3.63, 3.8) is 0 Å². The van der Waals surface area contributed by atoms with Gasteiger partial charge in [-0.15, -0.1) is 6.58 Å². The molecule has 0 rings (SSSR count). The zero-order chi connectivity index (χ0) is 9.23. The van der Waals surface area contributed by atoms with Crippen LogP contribution in [0.2, 0.25) is 0 Å². The minimum absolute atomic E-state index is 0.661. The van der Waals surface area contributed by atoms with Gasteiger partial charge in [0.2, 0.25) is 0 Å². The molecule has 0 spiro atoms. The summed E-state index contributed by atoms with van der Waals surface area (Å²) >= 11 is 0. The van der Waals surface area contributed by atoms with Crippen LogP contribution in [0.5, 0.6) is 0 Å². The van der Waals surface area contributed by atoms with Gasteiger partial charge in [0.15, 0.2) is 0 Å². The summed E-state index contributed by atoms with van der Waals surface area (Å²) in [6.45, 7) is 11.2. The molecular formula is C9H13N3. The Labute approximate surface area is 73.1 Å². The first-order chi connectivity index (χ1) is 5.85. The molecule has 0 aromatic heterocycles. The van der Waals surface area contributed by atoms with Crippen LogP contribution < -0.4 is 0 Å². The summed E-state index contributed by atoms with van der Waals surface area (Å²) in [5.74, 6) is 0. The summed E-state index contributed by atoms with van der Waals surface area (Å²) in [4.78, 5) is 9.43. The third-order valence-electron chi connectivity index (χ3n) is 0.981. The largest absolute Gasteiger partial charge is 0.319 e. The van der Waals surface area contributed by atoms with E-state index in [-0.39, 0.29) is 0 Å². The number of rotatable bonds is 6. The third kappa shape index (κ3) is 5.17. The Morgan fingerprint density at radius 1 is 1.00 bits per heavy atom. The second-order valence-electron chi connectivity index (χ2n) is 1.88. The average Bonchev–Trinajstić information content (AvgIpc) is 2.10. The van der Waals surface area contributed by atoms with Crippen LogP contribution in [0.4, 0.5) is 0 Å². The molecule has 0 fully saturated rings. The Bertz CT molecular complexity index is 186. The second kappa shape index (κ2) is 7.47. The van der Waals surface area contributed by atoms with Crippen LogP contribution in [0.1, 0.15) is 0 Å². The maximum Gasteiger partial charge on any atom is 0.0959 e. The first-order valence-corrected chi connectivity index (χ1v) is 3.50. The van der Waals surface area contributed by atoms with E-state index < -0.39 is 0 Å². The van der Waals surface area contributed by atoms with Gasteiger partial charge in [-0.25, -0.2) is 9.98 Å². The van der Waals surface area contributed by atoms with Crippen LogP contribution in [0.3, 0.4) is 0 Å². The fourth-order valence-corrected chi connectivity index (χ4v) is 0.539. The van der Waals surface area contributed by atoms with Crippen molar-refractivity contribution in [3.8, 4) is 0 Å². The van der Waals surface area contributed by atoms with E-state index in [1.165, 1.54) is 12.4 Å². The van der Waals surface area contributed by atoms with Crippen LogP contribution in [0.25, 0.3) is 0 Å². The predicted octanol–water partition coefficient (Wildman–Crippen LogP) is 1.82. The van der Waals surface area contributed by atoms with Crippen molar-refractivity contribution in [1.29, 1.82) is 0 Å². The van der Waals surface area contributed by atoms with Crippen LogP contribution in [-0.2, 0) is 0 Å². The highest BCUT2D eigenvalue weighted by Gasteiger charge is 1.88. The molecule has 3 heteroatoms. The molecule has 0 saturated heterocycles. The summed E-state index contributed by atoms with van der Waals surface area (Å²) < 4.78 is 0. The van der Waals surface area contributed by atoms with Crippen LogP contribution >= 0.6 is 0 Å². The predicted molar refractivity (Wildman–Crippen MR) is 54.3 cm³/mol. The molecule has 0 aliphatic carbocycles. The number of hydrogen-bond acceptors (Lipinski definition) is 2. The quantitative estimate of drug-likeness (QED) is 0.333. The Kier molecular flexibility index (Phi) is 6.45. The Morgan fingerprint density at radius 3 is 1.83 bits per heavy atom. The summed E-state index contributed by atoms with van der Waals surface area (Å²) in [5.41, 5.74) is 0. The normalized spacial score (nSPS) is 10.3. The fraction of sp³-hybridized carbons (Fsp3) is 0.111. The van der Waals surface area contributed by atoms with Crippen molar-refractivity contribution in [1.82, 2.24) is 4.90 Å². The second-order valence-corrected chi connectivity index (χ2v) is 1.88. The molecule has 0 radical (unpaired) electrons. The number of aliphatic imine (C=N–C) groups is 2. The minimum Gasteiger partial charge on any atom is -0.319 e.